The maximum Gasteiger partial charge on any atom is 0.166 e. The van der Waals surface area contributed by atoms with Gasteiger partial charge in [0.15, 0.2) is 17.5 Å². The summed E-state index contributed by atoms with van der Waals surface area (Å²) in [6, 6.07) is 77.3. The summed E-state index contributed by atoms with van der Waals surface area (Å²) in [5.41, 5.74) is 13.1. The molecule has 3 aromatic heterocycles. The van der Waals surface area contributed by atoms with Gasteiger partial charge in [-0.3, -0.25) is 0 Å². The van der Waals surface area contributed by atoms with Gasteiger partial charge < -0.3 is 4.57 Å². The molecule has 0 fully saturated rings. The molecule has 290 valence electrons. The summed E-state index contributed by atoms with van der Waals surface area (Å²) >= 11 is 1.87. The number of para-hydroxylation sites is 2. The van der Waals surface area contributed by atoms with E-state index in [2.05, 4.69) is 211 Å². The average Bonchev–Trinajstić information content (AvgIpc) is 3.91. The lowest BCUT2D eigenvalue weighted by atomic mass is 10.0. The molecule has 0 saturated carbocycles. The van der Waals surface area contributed by atoms with E-state index in [1.807, 2.05) is 23.5 Å². The number of hydrogen-bond donors (Lipinski definition) is 0. The highest BCUT2D eigenvalue weighted by molar-refractivity contribution is 7.26. The first-order valence-corrected chi connectivity index (χ1v) is 21.7. The van der Waals surface area contributed by atoms with Gasteiger partial charge in [-0.25, -0.2) is 15.0 Å². The van der Waals surface area contributed by atoms with Crippen molar-refractivity contribution in [3.8, 4) is 73.2 Å². The molecule has 0 atom stereocenters. The number of fused-ring (bicyclic) bond motifs is 7. The maximum atomic E-state index is 5.28. The fraction of sp³-hybridized carbons (Fsp3) is 0. The van der Waals surface area contributed by atoms with Crippen LogP contribution in [0.25, 0.3) is 115 Å². The van der Waals surface area contributed by atoms with E-state index in [0.29, 0.717) is 17.5 Å². The van der Waals surface area contributed by atoms with Crippen LogP contribution < -0.4 is 0 Å². The van der Waals surface area contributed by atoms with Gasteiger partial charge in [0.2, 0.25) is 0 Å². The van der Waals surface area contributed by atoms with E-state index in [9.17, 15) is 0 Å². The monoisotopic (exact) mass is 808 g/mol. The minimum Gasteiger partial charge on any atom is -0.308 e. The molecular formula is C57H36N4S. The third kappa shape index (κ3) is 6.09. The number of thiophene rings is 1. The minimum absolute atomic E-state index is 0.611. The van der Waals surface area contributed by atoms with Crippen molar-refractivity contribution in [1.29, 1.82) is 0 Å². The topological polar surface area (TPSA) is 43.6 Å². The molecule has 0 amide bonds. The molecule has 0 unspecified atom stereocenters. The molecular weight excluding hydrogens is 773 g/mol. The number of rotatable bonds is 7. The number of aromatic nitrogens is 4. The van der Waals surface area contributed by atoms with E-state index in [1.165, 1.54) is 53.2 Å². The van der Waals surface area contributed by atoms with Crippen LogP contribution in [0.15, 0.2) is 218 Å². The van der Waals surface area contributed by atoms with Crippen LogP contribution in [0.2, 0.25) is 0 Å². The van der Waals surface area contributed by atoms with Gasteiger partial charge in [-0.1, -0.05) is 188 Å². The van der Waals surface area contributed by atoms with Crippen molar-refractivity contribution in [1.82, 2.24) is 19.5 Å². The van der Waals surface area contributed by atoms with E-state index in [1.54, 1.807) is 0 Å². The molecule has 12 aromatic rings. The lowest BCUT2D eigenvalue weighted by Crippen LogP contribution is -2.03. The Morgan fingerprint density at radius 2 is 0.790 bits per heavy atom. The molecule has 0 aliphatic heterocycles. The molecule has 9 aromatic carbocycles. The van der Waals surface area contributed by atoms with Gasteiger partial charge in [0, 0.05) is 47.6 Å². The van der Waals surface area contributed by atoms with Crippen LogP contribution in [0.1, 0.15) is 0 Å². The molecule has 3 heterocycles. The zero-order valence-electron chi connectivity index (χ0n) is 33.5. The lowest BCUT2D eigenvalue weighted by Gasteiger charge is -2.15. The van der Waals surface area contributed by atoms with Crippen molar-refractivity contribution in [2.24, 2.45) is 0 Å². The van der Waals surface area contributed by atoms with Gasteiger partial charge in [0.05, 0.1) is 16.7 Å². The van der Waals surface area contributed by atoms with E-state index in [4.69, 9.17) is 15.0 Å². The second-order valence-corrected chi connectivity index (χ2v) is 16.6. The molecule has 0 aliphatic rings. The Kier molecular flexibility index (Phi) is 8.65. The van der Waals surface area contributed by atoms with Crippen molar-refractivity contribution < 1.29 is 0 Å². The first-order valence-electron chi connectivity index (χ1n) is 20.9. The molecule has 0 aliphatic carbocycles. The van der Waals surface area contributed by atoms with Gasteiger partial charge in [-0.2, -0.15) is 0 Å². The summed E-state index contributed by atoms with van der Waals surface area (Å²) in [5.74, 6) is 1.85. The van der Waals surface area contributed by atoms with Crippen LogP contribution in [-0.2, 0) is 0 Å². The summed E-state index contributed by atoms with van der Waals surface area (Å²) in [5, 5.41) is 5.02. The van der Waals surface area contributed by atoms with E-state index >= 15 is 0 Å². The normalized spacial score (nSPS) is 11.5. The Balaban J connectivity index is 1.06. The predicted octanol–water partition coefficient (Wildman–Crippen LogP) is 15.3. The van der Waals surface area contributed by atoms with Crippen molar-refractivity contribution >= 4 is 53.3 Å². The lowest BCUT2D eigenvalue weighted by molar-refractivity contribution is 1.06. The third-order valence-electron chi connectivity index (χ3n) is 11.9. The Bertz CT molecular complexity index is 3490. The maximum absolute atomic E-state index is 5.28. The molecule has 0 bridgehead atoms. The second-order valence-electron chi connectivity index (χ2n) is 15.5. The molecule has 0 spiro atoms. The first-order chi connectivity index (χ1) is 30.7. The minimum atomic E-state index is 0.611. The summed E-state index contributed by atoms with van der Waals surface area (Å²) in [6.07, 6.45) is 0. The summed E-state index contributed by atoms with van der Waals surface area (Å²) in [4.78, 5) is 15.7. The van der Waals surface area contributed by atoms with Gasteiger partial charge in [-0.15, -0.1) is 11.3 Å². The summed E-state index contributed by atoms with van der Waals surface area (Å²) in [6.45, 7) is 0. The standard InChI is InChI=1S/C57H36N4S/c1-4-15-37(16-5-1)39-27-31-42(32-28-39)55-58-56(43-33-29-40(30-34-43)38-17-6-2-7-18-38)60-57(59-55)46-22-11-13-26-49(46)61-48-25-12-10-21-45(48)52-50(61)35-36-51-53(52)47-24-14-23-44(54(47)62-51)41-19-8-3-9-20-41/h1-36H. The smallest absolute Gasteiger partial charge is 0.166 e. The fourth-order valence-corrected chi connectivity index (χ4v) is 10.2. The van der Waals surface area contributed by atoms with Crippen molar-refractivity contribution in [3.63, 3.8) is 0 Å². The van der Waals surface area contributed by atoms with Crippen molar-refractivity contribution in [3.05, 3.63) is 218 Å². The molecule has 5 heteroatoms. The highest BCUT2D eigenvalue weighted by Gasteiger charge is 2.22. The first kappa shape index (κ1) is 35.9. The third-order valence-corrected chi connectivity index (χ3v) is 13.1. The van der Waals surface area contributed by atoms with Crippen LogP contribution >= 0.6 is 11.3 Å². The van der Waals surface area contributed by atoms with Crippen LogP contribution in [0, 0.1) is 0 Å². The number of benzene rings is 9. The number of hydrogen-bond acceptors (Lipinski definition) is 4. The quantitative estimate of drug-likeness (QED) is 0.161. The largest absolute Gasteiger partial charge is 0.308 e. The van der Waals surface area contributed by atoms with Gasteiger partial charge in [0.25, 0.3) is 0 Å². The highest BCUT2D eigenvalue weighted by atomic mass is 32.1. The highest BCUT2D eigenvalue weighted by Crippen LogP contribution is 2.46. The van der Waals surface area contributed by atoms with Crippen LogP contribution in [0.3, 0.4) is 0 Å². The Labute approximate surface area is 362 Å². The summed E-state index contributed by atoms with van der Waals surface area (Å²) < 4.78 is 4.98. The van der Waals surface area contributed by atoms with Crippen LogP contribution in [-0.4, -0.2) is 19.5 Å². The SMILES string of the molecule is c1ccc(-c2ccc(-c3nc(-c4ccc(-c5ccccc5)cc4)nc(-c4ccccc4-n4c5ccccc5c5c6c(ccc54)sc4c(-c5ccccc5)cccc46)n3)cc2)cc1. The second kappa shape index (κ2) is 14.9. The molecule has 0 saturated heterocycles. The van der Waals surface area contributed by atoms with Gasteiger partial charge in [-0.05, 0) is 63.7 Å². The Morgan fingerprint density at radius 3 is 1.44 bits per heavy atom. The van der Waals surface area contributed by atoms with E-state index in [0.717, 1.165) is 44.5 Å². The zero-order chi connectivity index (χ0) is 41.0. The van der Waals surface area contributed by atoms with Crippen LogP contribution in [0.4, 0.5) is 0 Å². The molecule has 0 radical (unpaired) electrons. The Hall–Kier alpha value is -7.99. The van der Waals surface area contributed by atoms with Gasteiger partial charge >= 0.3 is 0 Å². The van der Waals surface area contributed by atoms with Crippen molar-refractivity contribution in [2.75, 3.05) is 0 Å². The number of nitrogens with zero attached hydrogens (tertiary/aromatic N) is 4. The van der Waals surface area contributed by atoms with E-state index < -0.39 is 0 Å². The average molecular weight is 809 g/mol. The van der Waals surface area contributed by atoms with Crippen molar-refractivity contribution in [2.45, 2.75) is 0 Å². The summed E-state index contributed by atoms with van der Waals surface area (Å²) in [7, 11) is 0. The molecule has 4 nitrogen and oxygen atoms in total. The van der Waals surface area contributed by atoms with Crippen LogP contribution in [0.5, 0.6) is 0 Å². The predicted molar refractivity (Wildman–Crippen MR) is 260 cm³/mol. The zero-order valence-corrected chi connectivity index (χ0v) is 34.3. The molecule has 0 N–H and O–H groups in total. The Morgan fingerprint density at radius 1 is 0.306 bits per heavy atom. The van der Waals surface area contributed by atoms with E-state index in [-0.39, 0.29) is 0 Å². The molecule has 62 heavy (non-hydrogen) atoms. The van der Waals surface area contributed by atoms with Gasteiger partial charge in [0.1, 0.15) is 0 Å². The fourth-order valence-electron chi connectivity index (χ4n) is 8.95. The molecule has 12 rings (SSSR count).